The molecule has 0 bridgehead atoms. The first-order valence-corrected chi connectivity index (χ1v) is 51.4. The number of allylic oxidation sites excluding steroid dienone is 1. The first kappa shape index (κ1) is 81.4. The highest BCUT2D eigenvalue weighted by Crippen LogP contribution is 2.58. The second kappa shape index (κ2) is 33.5. The molecule has 7 heterocycles. The number of anilines is 6. The molecule has 14 aromatic carbocycles. The fraction of sp³-hybridized carbons (Fsp3) is 0.289. The van der Waals surface area contributed by atoms with Crippen molar-refractivity contribution in [1.29, 1.82) is 0 Å². The first-order valence-electron chi connectivity index (χ1n) is 57.0. The van der Waals surface area contributed by atoms with Gasteiger partial charge in [-0.05, 0) is 314 Å². The molecule has 4 aliphatic heterocycles. The highest BCUT2D eigenvalue weighted by Gasteiger charge is 2.52. The zero-order valence-corrected chi connectivity index (χ0v) is 88.0. The topological polar surface area (TPSA) is 37.7 Å². The summed E-state index contributed by atoms with van der Waals surface area (Å²) in [5.74, 6) is 0.123. The van der Waals surface area contributed by atoms with Gasteiger partial charge in [0.15, 0.2) is 0 Å². The number of aryl methyl sites for hydroxylation is 6. The highest BCUT2D eigenvalue weighted by molar-refractivity contribution is 6.99. The van der Waals surface area contributed by atoms with Crippen LogP contribution in [0.3, 0.4) is 0 Å². The van der Waals surface area contributed by atoms with E-state index in [0.29, 0.717) is 38.8 Å². The maximum Gasteiger partial charge on any atom is 0.292 e. The van der Waals surface area contributed by atoms with E-state index in [1.54, 1.807) is 31.6 Å². The molecule has 2 unspecified atom stereocenters. The third-order valence-electron chi connectivity index (χ3n) is 32.2. The molecule has 0 N–H and O–H groups in total. The number of nitrogens with zero attached hydrogens (tertiary/aromatic N) is 3. The van der Waals surface area contributed by atoms with Gasteiger partial charge >= 0.3 is 0 Å². The predicted octanol–water partition coefficient (Wildman–Crippen LogP) is 32.4. The molecule has 0 saturated carbocycles. The van der Waals surface area contributed by atoms with Crippen molar-refractivity contribution in [3.05, 3.63) is 435 Å². The summed E-state index contributed by atoms with van der Waals surface area (Å²) < 4.78 is 119. The molecule has 2 atom stereocenters. The fourth-order valence-corrected chi connectivity index (χ4v) is 24.9. The largest absolute Gasteiger partial charge is 0.470 e. The maximum absolute atomic E-state index is 8.89. The van der Waals surface area contributed by atoms with E-state index in [1.807, 2.05) is 6.07 Å². The number of benzene rings is 14. The molecule has 143 heavy (non-hydrogen) atoms. The summed E-state index contributed by atoms with van der Waals surface area (Å²) in [6, 6.07) is 104. The van der Waals surface area contributed by atoms with Crippen molar-refractivity contribution in [3.63, 3.8) is 0 Å². The number of rotatable bonds is 7. The van der Waals surface area contributed by atoms with E-state index in [-0.39, 0.29) is 84.1 Å². The summed E-state index contributed by atoms with van der Waals surface area (Å²) in [6.45, 7) is 42.2. The van der Waals surface area contributed by atoms with Crippen LogP contribution >= 0.6 is 11.6 Å². The summed E-state index contributed by atoms with van der Waals surface area (Å²) >= 11 is 7.23. The normalized spacial score (nSPS) is 17.5. The zero-order valence-electron chi connectivity index (χ0n) is 99.3. The van der Waals surface area contributed by atoms with Gasteiger partial charge in [-0.25, -0.2) is 0 Å². The minimum absolute atomic E-state index is 0.00979. The van der Waals surface area contributed by atoms with Gasteiger partial charge in [0, 0.05) is 112 Å². The van der Waals surface area contributed by atoms with E-state index in [2.05, 4.69) is 428 Å². The average molecular weight is 1900 g/mol. The van der Waals surface area contributed by atoms with Crippen LogP contribution in [0, 0.1) is 41.3 Å². The van der Waals surface area contributed by atoms with Gasteiger partial charge in [0.25, 0.3) is 13.4 Å². The third kappa shape index (κ3) is 15.6. The average Bonchev–Trinajstić information content (AvgIpc) is 1.50. The monoisotopic (exact) mass is 1900 g/mol. The Morgan fingerprint density at radius 2 is 0.748 bits per heavy atom. The van der Waals surface area contributed by atoms with Crippen LogP contribution in [0.5, 0.6) is 0 Å². The summed E-state index contributed by atoms with van der Waals surface area (Å²) in [5.41, 5.74) is 42.7. The lowest BCUT2D eigenvalue weighted by atomic mass is 9.33. The van der Waals surface area contributed by atoms with Crippen molar-refractivity contribution in [3.8, 4) is 39.5 Å². The molecule has 24 rings (SSSR count). The molecular weight excluding hydrogens is 1750 g/mol. The molecule has 0 radical (unpaired) electrons. The lowest BCUT2D eigenvalue weighted by molar-refractivity contribution is 0.589. The number of hydrogen-bond donors (Lipinski definition) is 0. The van der Waals surface area contributed by atoms with Crippen LogP contribution < -0.4 is 43.0 Å². The lowest BCUT2D eigenvalue weighted by Crippen LogP contribution is -2.61. The van der Waals surface area contributed by atoms with Gasteiger partial charge in [0.2, 0.25) is 0 Å². The Balaban J connectivity index is 0.000000152. The molecule has 8 heteroatoms. The standard InChI is InChI=1S/C67H67BN2O.C50H53BClNO.C18H16/c1-39-33-40(2)58(41(3)34-39)57-38-51-59(42-23-25-43(26-24-42)64(4,5)6)50-36-47(70-54-22-18-16-20-49(54)60-48-19-15-17-21-52(48)67(13,14)62(60)70)37-56-61(50)68(63(51)71-57)53-35-45(66(10,11)12)29-32-55(53)69(56)46-30-27-44(28-31-46)65(7,8)9;1-29-23-30(2)44(31(3)24-29)43-28-39-45(32-13-15-33(16-14-32)48(4,5)6)38-26-36(52)27-42-46(38)51(47(39)54-43)40-25-35(50(10,11)12)19-22-41(40)53(42)37-20-17-34(18-21-37)49(7,8)9;1-18(2)15-10-6-5-9-14(15)17-13-8-4-3-7-12(13)11-16(17)18/h15-38,59H,1-14H3;13-28,45H,1-12H3;3-10H,11H2,1-2H3/i2*1D3,2D3;. The molecule has 0 fully saturated rings. The third-order valence-corrected chi connectivity index (χ3v) is 32.4. The molecule has 716 valence electrons. The fourth-order valence-electron chi connectivity index (χ4n) is 24.7. The molecular formula is C135H136B2ClN3O2. The van der Waals surface area contributed by atoms with Crippen molar-refractivity contribution < 1.29 is 25.3 Å². The van der Waals surface area contributed by atoms with Crippen LogP contribution in [0.1, 0.15) is 314 Å². The Hall–Kier alpha value is -13.1. The van der Waals surface area contributed by atoms with Crippen LogP contribution in [0.25, 0.3) is 55.9 Å². The van der Waals surface area contributed by atoms with Gasteiger partial charge in [-0.1, -0.05) is 387 Å². The Morgan fingerprint density at radius 1 is 0.350 bits per heavy atom. The number of furan rings is 2. The van der Waals surface area contributed by atoms with Crippen molar-refractivity contribution in [1.82, 2.24) is 4.57 Å². The molecule has 0 saturated heterocycles. The molecule has 3 aliphatic carbocycles. The van der Waals surface area contributed by atoms with E-state index in [4.69, 9.17) is 36.9 Å². The number of fused-ring (bicyclic) bond motifs is 17. The predicted molar refractivity (Wildman–Crippen MR) is 610 cm³/mol. The highest BCUT2D eigenvalue weighted by atomic mass is 35.5. The summed E-state index contributed by atoms with van der Waals surface area (Å²) in [6.07, 6.45) is 1.12. The SMILES string of the molecule is CC1(C)C2=C(c3ccccc3C2)c2ccccc21.[2H]C([2H])([2H])c1cc(C)c(-c2cc3c(o2)B2c4cc(C(C)(C)C)ccc4N(c4ccc(C(C)(C)C)cc4)c4cc(-n5c6c(c7ccccc75)-c5ccccc5C6(C)C)cc(c42)C3c2ccc(C(C)(C)C)cc2)c(C([2H])([2H])[2H])c1.[2H]C([2H])([2H])c1cc(C)c(-c2cc3c(o2)B2c4cc(C(C)(C)C)ccc4N(c4ccc(C(C)(C)C)cc4)c4cc(Cl)cc(c42)C3c2ccc(C(C)(C)C)cc2)c(C([2H])([2H])[2H])c1. The Morgan fingerprint density at radius 3 is 1.21 bits per heavy atom. The van der Waals surface area contributed by atoms with Crippen LogP contribution in [-0.2, 0) is 49.7 Å². The van der Waals surface area contributed by atoms with E-state index >= 15 is 0 Å². The van der Waals surface area contributed by atoms with Crippen molar-refractivity contribution in [2.45, 2.75) is 255 Å². The minimum Gasteiger partial charge on any atom is -0.470 e. The molecule has 0 amide bonds. The minimum atomic E-state index is -2.64. The van der Waals surface area contributed by atoms with E-state index in [0.717, 1.165) is 118 Å². The van der Waals surface area contributed by atoms with Gasteiger partial charge < -0.3 is 23.2 Å². The van der Waals surface area contributed by atoms with Crippen LogP contribution in [-0.4, -0.2) is 18.0 Å². The Kier molecular flexibility index (Phi) is 19.1. The quantitative estimate of drug-likeness (QED) is 0.149. The maximum atomic E-state index is 8.89. The number of hydrogen-bond acceptors (Lipinski definition) is 4. The second-order valence-corrected chi connectivity index (χ2v) is 49.0. The second-order valence-electron chi connectivity index (χ2n) is 48.6. The molecule has 3 aromatic heterocycles. The zero-order chi connectivity index (χ0) is 111. The van der Waals surface area contributed by atoms with Crippen LogP contribution in [0.15, 0.2) is 306 Å². The lowest BCUT2D eigenvalue weighted by Gasteiger charge is -2.42. The van der Waals surface area contributed by atoms with Crippen LogP contribution in [0.2, 0.25) is 5.02 Å². The van der Waals surface area contributed by atoms with Gasteiger partial charge in [-0.15, -0.1) is 0 Å². The first-order chi connectivity index (χ1) is 72.5. The summed E-state index contributed by atoms with van der Waals surface area (Å²) in [4.78, 5) is 4.80. The molecule has 7 aliphatic rings. The molecule has 17 aromatic rings. The van der Waals surface area contributed by atoms with Crippen molar-refractivity contribution in [2.24, 2.45) is 0 Å². The Labute approximate surface area is 873 Å². The summed E-state index contributed by atoms with van der Waals surface area (Å²) in [5, 5.41) is 1.82. The van der Waals surface area contributed by atoms with Gasteiger partial charge in [-0.3, -0.25) is 0 Å². The van der Waals surface area contributed by atoms with Gasteiger partial charge in [-0.2, -0.15) is 0 Å². The van der Waals surface area contributed by atoms with Gasteiger partial charge in [0.05, 0.1) is 16.8 Å². The molecule has 5 nitrogen and oxygen atoms in total. The van der Waals surface area contributed by atoms with E-state index in [1.165, 1.54) is 101 Å². The number of aromatic nitrogens is 1. The number of halogens is 1. The van der Waals surface area contributed by atoms with Crippen molar-refractivity contribution >= 4 is 109 Å². The Bertz CT molecular complexity index is 8630. The van der Waals surface area contributed by atoms with Crippen molar-refractivity contribution in [2.75, 3.05) is 9.80 Å². The van der Waals surface area contributed by atoms with E-state index in [9.17, 15) is 0 Å². The number of para-hydroxylation sites is 1. The van der Waals surface area contributed by atoms with E-state index < -0.39 is 34.1 Å². The summed E-state index contributed by atoms with van der Waals surface area (Å²) in [7, 11) is 0. The molecule has 0 spiro atoms. The smallest absolute Gasteiger partial charge is 0.292 e. The van der Waals surface area contributed by atoms with Crippen LogP contribution in [0.4, 0.5) is 34.1 Å². The van der Waals surface area contributed by atoms with Gasteiger partial charge in [0.1, 0.15) is 11.5 Å².